The number of hydrogen-bond acceptors (Lipinski definition) is 1. The van der Waals surface area contributed by atoms with Crippen LogP contribution in [0.1, 0.15) is 17.2 Å². The number of hydrogen-bond donors (Lipinski definition) is 1. The third kappa shape index (κ3) is 3.08. The van der Waals surface area contributed by atoms with Crippen LogP contribution in [0.3, 0.4) is 0 Å². The Morgan fingerprint density at radius 2 is 1.68 bits per heavy atom. The van der Waals surface area contributed by atoms with Crippen LogP contribution < -0.4 is 5.73 Å². The molecule has 19 heavy (non-hydrogen) atoms. The van der Waals surface area contributed by atoms with Crippen molar-refractivity contribution in [1.29, 1.82) is 0 Å². The number of nitrogens with two attached hydrogens (primary N) is 1. The Labute approximate surface area is 113 Å². The Balaban J connectivity index is 2.28. The first-order valence-electron chi connectivity index (χ1n) is 5.62. The first-order valence-corrected chi connectivity index (χ1v) is 6.00. The lowest BCUT2D eigenvalue weighted by atomic mass is 9.98. The van der Waals surface area contributed by atoms with Crippen LogP contribution in [-0.4, -0.2) is 0 Å². The molecule has 0 aliphatic rings. The molecule has 1 nitrogen and oxygen atoms in total. The van der Waals surface area contributed by atoms with Gasteiger partial charge in [-0.05, 0) is 36.2 Å². The van der Waals surface area contributed by atoms with E-state index in [1.165, 1.54) is 18.2 Å². The second-order valence-electron chi connectivity index (χ2n) is 4.18. The van der Waals surface area contributed by atoms with Crippen LogP contribution in [0.25, 0.3) is 0 Å². The molecule has 100 valence electrons. The van der Waals surface area contributed by atoms with Crippen LogP contribution in [0.15, 0.2) is 36.4 Å². The van der Waals surface area contributed by atoms with Crippen LogP contribution in [0, 0.1) is 17.5 Å². The molecule has 1 atom stereocenters. The Kier molecular flexibility index (Phi) is 4.12. The molecular weight excluding hydrogens is 275 g/mol. The molecule has 5 heteroatoms. The molecule has 0 spiro atoms. The van der Waals surface area contributed by atoms with Gasteiger partial charge in [0.15, 0.2) is 0 Å². The molecule has 0 fully saturated rings. The fourth-order valence-corrected chi connectivity index (χ4v) is 2.14. The molecule has 2 aromatic rings. The van der Waals surface area contributed by atoms with Crippen molar-refractivity contribution in [2.45, 2.75) is 12.5 Å². The molecule has 0 bridgehead atoms. The van der Waals surface area contributed by atoms with Gasteiger partial charge in [-0.1, -0.05) is 23.7 Å². The molecule has 0 amide bonds. The van der Waals surface area contributed by atoms with Gasteiger partial charge in [0.05, 0.1) is 0 Å². The summed E-state index contributed by atoms with van der Waals surface area (Å²) in [5.41, 5.74) is 6.15. The zero-order valence-corrected chi connectivity index (χ0v) is 10.6. The van der Waals surface area contributed by atoms with E-state index in [0.29, 0.717) is 5.56 Å². The van der Waals surface area contributed by atoms with E-state index in [4.69, 9.17) is 17.3 Å². The maximum atomic E-state index is 13.6. The summed E-state index contributed by atoms with van der Waals surface area (Å²) in [5.74, 6) is -1.88. The van der Waals surface area contributed by atoms with E-state index < -0.39 is 23.5 Å². The second kappa shape index (κ2) is 5.63. The third-order valence-electron chi connectivity index (χ3n) is 2.83. The summed E-state index contributed by atoms with van der Waals surface area (Å²) in [4.78, 5) is 0. The van der Waals surface area contributed by atoms with E-state index in [1.807, 2.05) is 0 Å². The van der Waals surface area contributed by atoms with Crippen LogP contribution >= 0.6 is 11.6 Å². The van der Waals surface area contributed by atoms with Crippen molar-refractivity contribution in [3.05, 3.63) is 70.0 Å². The number of rotatable bonds is 3. The molecule has 0 aromatic heterocycles. The molecule has 2 N–H and O–H groups in total. The monoisotopic (exact) mass is 285 g/mol. The van der Waals surface area contributed by atoms with Gasteiger partial charge < -0.3 is 5.73 Å². The van der Waals surface area contributed by atoms with E-state index in [0.717, 1.165) is 18.2 Å². The average Bonchev–Trinajstić information content (AvgIpc) is 2.32. The van der Waals surface area contributed by atoms with Gasteiger partial charge in [-0.25, -0.2) is 13.2 Å². The van der Waals surface area contributed by atoms with E-state index in [-0.39, 0.29) is 17.0 Å². The van der Waals surface area contributed by atoms with Crippen molar-refractivity contribution in [1.82, 2.24) is 0 Å². The Morgan fingerprint density at radius 1 is 1.05 bits per heavy atom. The van der Waals surface area contributed by atoms with Gasteiger partial charge in [-0.3, -0.25) is 0 Å². The van der Waals surface area contributed by atoms with Gasteiger partial charge in [0.2, 0.25) is 0 Å². The van der Waals surface area contributed by atoms with E-state index in [9.17, 15) is 13.2 Å². The smallest absolute Gasteiger partial charge is 0.130 e. The van der Waals surface area contributed by atoms with Gasteiger partial charge >= 0.3 is 0 Å². The van der Waals surface area contributed by atoms with Crippen molar-refractivity contribution < 1.29 is 13.2 Å². The summed E-state index contributed by atoms with van der Waals surface area (Å²) in [7, 11) is 0. The Bertz CT molecular complexity index is 581. The quantitative estimate of drug-likeness (QED) is 0.906. The highest BCUT2D eigenvalue weighted by molar-refractivity contribution is 6.31. The lowest BCUT2D eigenvalue weighted by Crippen LogP contribution is -2.17. The fraction of sp³-hybridized carbons (Fsp3) is 0.143. The van der Waals surface area contributed by atoms with Gasteiger partial charge in [0.25, 0.3) is 0 Å². The maximum absolute atomic E-state index is 13.6. The van der Waals surface area contributed by atoms with Crippen LogP contribution in [0.2, 0.25) is 5.02 Å². The number of halogens is 4. The molecule has 0 radical (unpaired) electrons. The lowest BCUT2D eigenvalue weighted by molar-refractivity contribution is 0.524. The topological polar surface area (TPSA) is 26.0 Å². The predicted octanol–water partition coefficient (Wildman–Crippen LogP) is 4.00. The zero-order valence-electron chi connectivity index (χ0n) is 9.84. The number of benzene rings is 2. The highest BCUT2D eigenvalue weighted by Gasteiger charge is 2.18. The summed E-state index contributed by atoms with van der Waals surface area (Å²) in [5, 5.41) is 0.187. The highest BCUT2D eigenvalue weighted by Crippen LogP contribution is 2.26. The zero-order chi connectivity index (χ0) is 14.0. The first kappa shape index (κ1) is 13.9. The van der Waals surface area contributed by atoms with Crippen molar-refractivity contribution in [3.63, 3.8) is 0 Å². The van der Waals surface area contributed by atoms with Crippen molar-refractivity contribution >= 4 is 11.6 Å². The normalized spacial score (nSPS) is 12.5. The molecule has 2 rings (SSSR count). The van der Waals surface area contributed by atoms with Crippen LogP contribution in [0.4, 0.5) is 13.2 Å². The van der Waals surface area contributed by atoms with Crippen molar-refractivity contribution in [2.75, 3.05) is 0 Å². The summed E-state index contributed by atoms with van der Waals surface area (Å²) in [6.07, 6.45) is 0.122. The molecule has 0 aliphatic heterocycles. The van der Waals surface area contributed by atoms with Crippen molar-refractivity contribution in [2.24, 2.45) is 5.73 Å². The molecule has 2 aromatic carbocycles. The fourth-order valence-electron chi connectivity index (χ4n) is 1.89. The third-order valence-corrected chi connectivity index (χ3v) is 3.18. The van der Waals surface area contributed by atoms with Gasteiger partial charge in [0, 0.05) is 16.6 Å². The first-order chi connectivity index (χ1) is 8.99. The minimum atomic E-state index is -0.885. The van der Waals surface area contributed by atoms with Gasteiger partial charge in [-0.15, -0.1) is 0 Å². The van der Waals surface area contributed by atoms with E-state index in [1.54, 1.807) is 0 Å². The Hall–Kier alpha value is -1.52. The molecule has 0 aliphatic carbocycles. The SMILES string of the molecule is NC(Cc1ccc(F)cc1Cl)c1c(F)cccc1F. The van der Waals surface area contributed by atoms with Crippen molar-refractivity contribution in [3.8, 4) is 0 Å². The molecule has 1 unspecified atom stereocenters. The maximum Gasteiger partial charge on any atom is 0.130 e. The van der Waals surface area contributed by atoms with Gasteiger partial charge in [0.1, 0.15) is 17.5 Å². The summed E-state index contributed by atoms with van der Waals surface area (Å²) >= 11 is 5.86. The summed E-state index contributed by atoms with van der Waals surface area (Å²) in [6.45, 7) is 0. The van der Waals surface area contributed by atoms with E-state index in [2.05, 4.69) is 0 Å². The Morgan fingerprint density at radius 3 is 2.26 bits per heavy atom. The highest BCUT2D eigenvalue weighted by atomic mass is 35.5. The minimum Gasteiger partial charge on any atom is -0.323 e. The van der Waals surface area contributed by atoms with Gasteiger partial charge in [-0.2, -0.15) is 0 Å². The van der Waals surface area contributed by atoms with E-state index >= 15 is 0 Å². The molecule has 0 saturated carbocycles. The standard InChI is InChI=1S/C14H11ClF3N/c15-10-7-9(16)5-4-8(10)6-13(19)14-11(17)2-1-3-12(14)18/h1-5,7,13H,6,19H2. The average molecular weight is 286 g/mol. The molecule has 0 heterocycles. The van der Waals surface area contributed by atoms with Crippen LogP contribution in [-0.2, 0) is 6.42 Å². The molecule has 0 saturated heterocycles. The second-order valence-corrected chi connectivity index (χ2v) is 4.59. The summed E-state index contributed by atoms with van der Waals surface area (Å²) < 4.78 is 40.0. The lowest BCUT2D eigenvalue weighted by Gasteiger charge is -2.14. The molecular formula is C14H11ClF3N. The minimum absolute atomic E-state index is 0.122. The van der Waals surface area contributed by atoms with Crippen LogP contribution in [0.5, 0.6) is 0 Å². The largest absolute Gasteiger partial charge is 0.323 e. The predicted molar refractivity (Wildman–Crippen MR) is 68.4 cm³/mol. The summed E-state index contributed by atoms with van der Waals surface area (Å²) in [6, 6.07) is 6.49.